The molecule has 128 valence electrons. The van der Waals surface area contributed by atoms with Crippen LogP contribution in [-0.2, 0) is 4.79 Å². The van der Waals surface area contributed by atoms with Crippen LogP contribution in [0.2, 0.25) is 0 Å². The van der Waals surface area contributed by atoms with Gasteiger partial charge < -0.3 is 5.32 Å². The summed E-state index contributed by atoms with van der Waals surface area (Å²) in [6.45, 7) is 0. The molecule has 1 atom stereocenters. The lowest BCUT2D eigenvalue weighted by atomic mass is 9.74. The van der Waals surface area contributed by atoms with Gasteiger partial charge in [-0.05, 0) is 52.9 Å². The van der Waals surface area contributed by atoms with Crippen molar-refractivity contribution >= 4 is 22.2 Å². The second-order valence-electron chi connectivity index (χ2n) is 7.03. The van der Waals surface area contributed by atoms with Crippen molar-refractivity contribution in [1.29, 1.82) is 0 Å². The van der Waals surface area contributed by atoms with Gasteiger partial charge in [-0.1, -0.05) is 42.5 Å². The van der Waals surface area contributed by atoms with Gasteiger partial charge in [0.15, 0.2) is 5.78 Å². The highest BCUT2D eigenvalue weighted by Crippen LogP contribution is 2.47. The molecule has 2 aliphatic rings. The smallest absolute Gasteiger partial charge is 0.161 e. The Morgan fingerprint density at radius 2 is 1.73 bits per heavy atom. The maximum Gasteiger partial charge on any atom is 0.161 e. The second kappa shape index (κ2) is 5.80. The standard InChI is InChI=1S/C23H18FNO/c24-16-11-8-15(9-12-16)21-22-17-5-2-1-4-14(17)10-13-19(22)25-18-6-3-7-20(26)23(18)21/h1-2,4-5,8-13,21,25H,3,6-7H2. The number of benzene rings is 3. The van der Waals surface area contributed by atoms with Crippen LogP contribution in [0.25, 0.3) is 10.8 Å². The number of hydrogen-bond acceptors (Lipinski definition) is 2. The number of carbonyl (C=O) groups is 1. The highest BCUT2D eigenvalue weighted by Gasteiger charge is 2.35. The maximum absolute atomic E-state index is 13.5. The summed E-state index contributed by atoms with van der Waals surface area (Å²) in [5, 5.41) is 5.80. The molecule has 3 heteroatoms. The number of ketones is 1. The number of halogens is 1. The van der Waals surface area contributed by atoms with Crippen molar-refractivity contribution in [3.8, 4) is 0 Å². The number of Topliss-reactive ketones (excluding diaryl/α,β-unsaturated/α-hetero) is 1. The van der Waals surface area contributed by atoms with E-state index in [1.165, 1.54) is 12.1 Å². The lowest BCUT2D eigenvalue weighted by Crippen LogP contribution is -2.27. The number of anilines is 1. The van der Waals surface area contributed by atoms with E-state index in [2.05, 4.69) is 29.6 Å². The summed E-state index contributed by atoms with van der Waals surface area (Å²) in [4.78, 5) is 12.9. The normalized spacial score (nSPS) is 19.1. The first kappa shape index (κ1) is 15.3. The van der Waals surface area contributed by atoms with E-state index in [0.717, 1.165) is 51.7 Å². The van der Waals surface area contributed by atoms with Crippen LogP contribution in [0.3, 0.4) is 0 Å². The molecule has 1 heterocycles. The van der Waals surface area contributed by atoms with Crippen molar-refractivity contribution in [2.75, 3.05) is 5.32 Å². The monoisotopic (exact) mass is 343 g/mol. The molecule has 0 saturated carbocycles. The highest BCUT2D eigenvalue weighted by molar-refractivity contribution is 6.04. The average molecular weight is 343 g/mol. The van der Waals surface area contributed by atoms with Gasteiger partial charge in [-0.15, -0.1) is 0 Å². The highest BCUT2D eigenvalue weighted by atomic mass is 19.1. The Kier molecular flexibility index (Phi) is 3.42. The molecule has 5 rings (SSSR count). The van der Waals surface area contributed by atoms with E-state index in [-0.39, 0.29) is 17.5 Å². The summed E-state index contributed by atoms with van der Waals surface area (Å²) in [5.41, 5.74) is 5.01. The van der Waals surface area contributed by atoms with Gasteiger partial charge in [0.05, 0.1) is 0 Å². The Morgan fingerprint density at radius 1 is 0.923 bits per heavy atom. The fourth-order valence-electron chi connectivity index (χ4n) is 4.34. The Labute approximate surface area is 151 Å². The zero-order chi connectivity index (χ0) is 17.7. The van der Waals surface area contributed by atoms with Gasteiger partial charge in [-0.2, -0.15) is 0 Å². The third-order valence-corrected chi connectivity index (χ3v) is 5.49. The molecular formula is C23H18FNO. The predicted molar refractivity (Wildman–Crippen MR) is 102 cm³/mol. The number of fused-ring (bicyclic) bond motifs is 3. The van der Waals surface area contributed by atoms with Crippen LogP contribution < -0.4 is 5.32 Å². The summed E-state index contributed by atoms with van der Waals surface area (Å²) in [6, 6.07) is 19.0. The largest absolute Gasteiger partial charge is 0.358 e. The number of allylic oxidation sites excluding steroid dienone is 2. The summed E-state index contributed by atoms with van der Waals surface area (Å²) < 4.78 is 13.5. The Hall–Kier alpha value is -2.94. The fourth-order valence-corrected chi connectivity index (χ4v) is 4.34. The van der Waals surface area contributed by atoms with Crippen LogP contribution in [0.15, 0.2) is 71.9 Å². The molecule has 0 spiro atoms. The molecule has 1 unspecified atom stereocenters. The molecule has 0 saturated heterocycles. The summed E-state index contributed by atoms with van der Waals surface area (Å²) in [5.74, 6) is -0.211. The Morgan fingerprint density at radius 3 is 2.58 bits per heavy atom. The average Bonchev–Trinajstić information content (AvgIpc) is 2.67. The molecule has 1 aliphatic heterocycles. The third kappa shape index (κ3) is 2.27. The lowest BCUT2D eigenvalue weighted by molar-refractivity contribution is -0.116. The minimum Gasteiger partial charge on any atom is -0.358 e. The molecule has 0 amide bonds. The van der Waals surface area contributed by atoms with Crippen molar-refractivity contribution in [3.63, 3.8) is 0 Å². The molecule has 1 N–H and O–H groups in total. The van der Waals surface area contributed by atoms with Gasteiger partial charge in [-0.25, -0.2) is 4.39 Å². The van der Waals surface area contributed by atoms with E-state index < -0.39 is 0 Å². The van der Waals surface area contributed by atoms with E-state index in [9.17, 15) is 9.18 Å². The number of nitrogens with one attached hydrogen (secondary N) is 1. The van der Waals surface area contributed by atoms with Crippen molar-refractivity contribution in [2.45, 2.75) is 25.2 Å². The molecule has 26 heavy (non-hydrogen) atoms. The minimum absolute atomic E-state index is 0.152. The predicted octanol–water partition coefficient (Wildman–Crippen LogP) is 5.54. The van der Waals surface area contributed by atoms with Crippen LogP contribution in [0.5, 0.6) is 0 Å². The lowest BCUT2D eigenvalue weighted by Gasteiger charge is -2.35. The molecule has 0 bridgehead atoms. The van der Waals surface area contributed by atoms with Crippen LogP contribution in [0.4, 0.5) is 10.1 Å². The molecule has 0 aromatic heterocycles. The molecule has 1 aliphatic carbocycles. The first-order valence-electron chi connectivity index (χ1n) is 9.03. The molecule has 0 fully saturated rings. The van der Waals surface area contributed by atoms with Crippen LogP contribution in [0, 0.1) is 5.82 Å². The van der Waals surface area contributed by atoms with Gasteiger partial charge >= 0.3 is 0 Å². The van der Waals surface area contributed by atoms with Gasteiger partial charge in [-0.3, -0.25) is 4.79 Å². The van der Waals surface area contributed by atoms with E-state index in [0.29, 0.717) is 6.42 Å². The zero-order valence-corrected chi connectivity index (χ0v) is 14.3. The van der Waals surface area contributed by atoms with E-state index in [1.54, 1.807) is 0 Å². The second-order valence-corrected chi connectivity index (χ2v) is 7.03. The summed E-state index contributed by atoms with van der Waals surface area (Å²) in [7, 11) is 0. The maximum atomic E-state index is 13.5. The molecule has 0 radical (unpaired) electrons. The SMILES string of the molecule is O=C1CCCC2=C1C(c1ccc(F)cc1)c1c(ccc3ccccc13)N2. The quantitative estimate of drug-likeness (QED) is 0.628. The van der Waals surface area contributed by atoms with E-state index >= 15 is 0 Å². The number of carbonyl (C=O) groups excluding carboxylic acids is 1. The van der Waals surface area contributed by atoms with Crippen LogP contribution in [0.1, 0.15) is 36.3 Å². The fraction of sp³-hybridized carbons (Fsp3) is 0.174. The first-order valence-corrected chi connectivity index (χ1v) is 9.03. The van der Waals surface area contributed by atoms with Crippen LogP contribution >= 0.6 is 0 Å². The molecule has 3 aromatic carbocycles. The van der Waals surface area contributed by atoms with E-state index in [1.807, 2.05) is 24.3 Å². The number of hydrogen-bond donors (Lipinski definition) is 1. The Balaban J connectivity index is 1.83. The summed E-state index contributed by atoms with van der Waals surface area (Å²) in [6.07, 6.45) is 2.34. The topological polar surface area (TPSA) is 29.1 Å². The van der Waals surface area contributed by atoms with Gasteiger partial charge in [0, 0.05) is 29.3 Å². The van der Waals surface area contributed by atoms with Crippen LogP contribution in [-0.4, -0.2) is 5.78 Å². The molecule has 2 nitrogen and oxygen atoms in total. The first-order chi connectivity index (χ1) is 12.7. The molecular weight excluding hydrogens is 325 g/mol. The minimum atomic E-state index is -0.259. The Bertz CT molecular complexity index is 1070. The van der Waals surface area contributed by atoms with Gasteiger partial charge in [0.25, 0.3) is 0 Å². The molecule has 3 aromatic rings. The number of rotatable bonds is 1. The van der Waals surface area contributed by atoms with E-state index in [4.69, 9.17) is 0 Å². The van der Waals surface area contributed by atoms with Crippen molar-refractivity contribution in [1.82, 2.24) is 0 Å². The van der Waals surface area contributed by atoms with Gasteiger partial charge in [0.1, 0.15) is 5.82 Å². The van der Waals surface area contributed by atoms with Gasteiger partial charge in [0.2, 0.25) is 0 Å². The van der Waals surface area contributed by atoms with Crippen molar-refractivity contribution in [2.24, 2.45) is 0 Å². The van der Waals surface area contributed by atoms with Crippen molar-refractivity contribution < 1.29 is 9.18 Å². The summed E-state index contributed by atoms with van der Waals surface area (Å²) >= 11 is 0. The zero-order valence-electron chi connectivity index (χ0n) is 14.3. The van der Waals surface area contributed by atoms with Crippen molar-refractivity contribution in [3.05, 3.63) is 88.9 Å². The third-order valence-electron chi connectivity index (χ3n) is 5.49.